The molecule has 0 radical (unpaired) electrons. The van der Waals surface area contributed by atoms with Crippen LogP contribution in [0.15, 0.2) is 30.3 Å². The van der Waals surface area contributed by atoms with Gasteiger partial charge < -0.3 is 28.7 Å². The highest BCUT2D eigenvalue weighted by atomic mass is 16.7. The monoisotopic (exact) mass is 454 g/mol. The SMILES string of the molecule is COc1c2c(cc(CCN(C)C)c1C(C)CC(=O)c1ccc(N3CCOCC3)cc1)OCO2. The van der Waals surface area contributed by atoms with Gasteiger partial charge in [0, 0.05) is 42.9 Å². The average molecular weight is 455 g/mol. The van der Waals surface area contributed by atoms with Gasteiger partial charge in [-0.25, -0.2) is 0 Å². The van der Waals surface area contributed by atoms with Crippen LogP contribution in [0.5, 0.6) is 17.2 Å². The molecule has 1 atom stereocenters. The first-order valence-electron chi connectivity index (χ1n) is 11.6. The van der Waals surface area contributed by atoms with Crippen molar-refractivity contribution < 1.29 is 23.7 Å². The zero-order chi connectivity index (χ0) is 23.4. The summed E-state index contributed by atoms with van der Waals surface area (Å²) in [7, 11) is 5.75. The number of hydrogen-bond acceptors (Lipinski definition) is 7. The van der Waals surface area contributed by atoms with E-state index >= 15 is 0 Å². The third kappa shape index (κ3) is 5.25. The van der Waals surface area contributed by atoms with E-state index in [0.717, 1.165) is 61.6 Å². The van der Waals surface area contributed by atoms with Crippen molar-refractivity contribution >= 4 is 11.5 Å². The van der Waals surface area contributed by atoms with Gasteiger partial charge in [-0.1, -0.05) is 6.92 Å². The summed E-state index contributed by atoms with van der Waals surface area (Å²) in [5.74, 6) is 2.12. The minimum absolute atomic E-state index is 0.0296. The van der Waals surface area contributed by atoms with Gasteiger partial charge in [0.1, 0.15) is 0 Å². The van der Waals surface area contributed by atoms with Crippen molar-refractivity contribution in [2.45, 2.75) is 25.7 Å². The van der Waals surface area contributed by atoms with Crippen molar-refractivity contribution in [2.75, 3.05) is 65.7 Å². The number of Topliss-reactive ketones (excluding diaryl/α,β-unsaturated/α-hetero) is 1. The summed E-state index contributed by atoms with van der Waals surface area (Å²) in [5, 5.41) is 0. The molecule has 0 aliphatic carbocycles. The number of ether oxygens (including phenoxy) is 4. The molecule has 1 fully saturated rings. The maximum atomic E-state index is 13.2. The number of carbonyl (C=O) groups is 1. The molecule has 2 aromatic carbocycles. The first kappa shape index (κ1) is 23.4. The molecule has 0 spiro atoms. The second-order valence-corrected chi connectivity index (χ2v) is 8.94. The second-order valence-electron chi connectivity index (χ2n) is 8.94. The number of likely N-dealkylation sites (N-methyl/N-ethyl adjacent to an activating group) is 1. The van der Waals surface area contributed by atoms with E-state index < -0.39 is 0 Å². The summed E-state index contributed by atoms with van der Waals surface area (Å²) in [6, 6.07) is 9.98. The Bertz CT molecular complexity index is 968. The first-order chi connectivity index (χ1) is 16.0. The minimum Gasteiger partial charge on any atom is -0.492 e. The van der Waals surface area contributed by atoms with E-state index in [4.69, 9.17) is 18.9 Å². The van der Waals surface area contributed by atoms with E-state index in [1.807, 2.05) is 30.3 Å². The van der Waals surface area contributed by atoms with Gasteiger partial charge in [-0.15, -0.1) is 0 Å². The standard InChI is InChI=1S/C26H34N2O5/c1-18(15-22(29)19-5-7-21(8-6-19)28-11-13-31-14-12-28)24-20(9-10-27(2)3)16-23-25(26(24)30-4)33-17-32-23/h5-8,16,18H,9-15,17H2,1-4H3. The molecule has 2 aliphatic rings. The fraction of sp³-hybridized carbons (Fsp3) is 0.500. The molecule has 4 rings (SSSR count). The lowest BCUT2D eigenvalue weighted by molar-refractivity contribution is 0.0975. The zero-order valence-electron chi connectivity index (χ0n) is 20.1. The van der Waals surface area contributed by atoms with Crippen molar-refractivity contribution in [2.24, 2.45) is 0 Å². The maximum absolute atomic E-state index is 13.2. The number of nitrogens with zero attached hydrogens (tertiary/aromatic N) is 2. The normalized spacial score (nSPS) is 16.2. The van der Waals surface area contributed by atoms with Crippen molar-refractivity contribution in [3.63, 3.8) is 0 Å². The summed E-state index contributed by atoms with van der Waals surface area (Å²) in [6.07, 6.45) is 1.23. The van der Waals surface area contributed by atoms with E-state index in [2.05, 4.69) is 30.8 Å². The Kier molecular flexibility index (Phi) is 7.40. The minimum atomic E-state index is -0.0296. The molecule has 0 amide bonds. The lowest BCUT2D eigenvalue weighted by Crippen LogP contribution is -2.36. The Labute approximate surface area is 196 Å². The number of fused-ring (bicyclic) bond motifs is 1. The molecule has 2 aromatic rings. The van der Waals surface area contributed by atoms with Crippen LogP contribution in [-0.2, 0) is 11.2 Å². The Balaban J connectivity index is 1.54. The summed E-state index contributed by atoms with van der Waals surface area (Å²) in [4.78, 5) is 17.6. The van der Waals surface area contributed by atoms with Gasteiger partial charge in [0.25, 0.3) is 0 Å². The van der Waals surface area contributed by atoms with Gasteiger partial charge in [0.2, 0.25) is 12.5 Å². The second kappa shape index (κ2) is 10.4. The largest absolute Gasteiger partial charge is 0.492 e. The van der Waals surface area contributed by atoms with Crippen LogP contribution in [0, 0.1) is 0 Å². The molecular formula is C26H34N2O5. The van der Waals surface area contributed by atoms with Crippen LogP contribution in [0.25, 0.3) is 0 Å². The van der Waals surface area contributed by atoms with Crippen LogP contribution in [0.3, 0.4) is 0 Å². The van der Waals surface area contributed by atoms with Crippen LogP contribution in [-0.4, -0.2) is 71.5 Å². The Morgan fingerprint density at radius 1 is 1.15 bits per heavy atom. The number of ketones is 1. The zero-order valence-corrected chi connectivity index (χ0v) is 20.1. The van der Waals surface area contributed by atoms with E-state index in [1.165, 1.54) is 0 Å². The maximum Gasteiger partial charge on any atom is 0.231 e. The number of methoxy groups -OCH3 is 1. The van der Waals surface area contributed by atoms with Crippen LogP contribution < -0.4 is 19.1 Å². The number of benzene rings is 2. The fourth-order valence-electron chi connectivity index (χ4n) is 4.55. The van der Waals surface area contributed by atoms with E-state index in [-0.39, 0.29) is 18.5 Å². The van der Waals surface area contributed by atoms with Gasteiger partial charge >= 0.3 is 0 Å². The molecule has 0 saturated carbocycles. The van der Waals surface area contributed by atoms with E-state index in [9.17, 15) is 4.79 Å². The molecule has 7 nitrogen and oxygen atoms in total. The van der Waals surface area contributed by atoms with Gasteiger partial charge in [0.15, 0.2) is 17.3 Å². The van der Waals surface area contributed by atoms with Gasteiger partial charge in [0.05, 0.1) is 20.3 Å². The third-order valence-corrected chi connectivity index (χ3v) is 6.33. The molecule has 1 saturated heterocycles. The Hall–Kier alpha value is -2.77. The molecule has 2 heterocycles. The lowest BCUT2D eigenvalue weighted by atomic mass is 9.87. The van der Waals surface area contributed by atoms with Gasteiger partial charge in [-0.2, -0.15) is 0 Å². The van der Waals surface area contributed by atoms with Crippen molar-refractivity contribution in [3.8, 4) is 17.2 Å². The predicted octanol–water partition coefficient (Wildman–Crippen LogP) is 3.74. The number of hydrogen-bond donors (Lipinski definition) is 0. The quantitative estimate of drug-likeness (QED) is 0.535. The fourth-order valence-corrected chi connectivity index (χ4v) is 4.55. The predicted molar refractivity (Wildman–Crippen MR) is 128 cm³/mol. The molecule has 0 aromatic heterocycles. The summed E-state index contributed by atoms with van der Waals surface area (Å²) in [6.45, 7) is 6.40. The molecule has 33 heavy (non-hydrogen) atoms. The molecule has 1 unspecified atom stereocenters. The first-order valence-corrected chi connectivity index (χ1v) is 11.6. The number of carbonyl (C=O) groups excluding carboxylic acids is 1. The smallest absolute Gasteiger partial charge is 0.231 e. The van der Waals surface area contributed by atoms with Crippen LogP contribution in [0.2, 0.25) is 0 Å². The van der Waals surface area contributed by atoms with Gasteiger partial charge in [-0.05, 0) is 62.3 Å². The van der Waals surface area contributed by atoms with Gasteiger partial charge in [-0.3, -0.25) is 4.79 Å². The molecule has 178 valence electrons. The van der Waals surface area contributed by atoms with E-state index in [0.29, 0.717) is 23.7 Å². The molecule has 7 heteroatoms. The van der Waals surface area contributed by atoms with Crippen molar-refractivity contribution in [3.05, 3.63) is 47.0 Å². The average Bonchev–Trinajstić information content (AvgIpc) is 3.30. The third-order valence-electron chi connectivity index (χ3n) is 6.33. The Morgan fingerprint density at radius 2 is 1.88 bits per heavy atom. The van der Waals surface area contributed by atoms with Crippen molar-refractivity contribution in [1.82, 2.24) is 4.90 Å². The van der Waals surface area contributed by atoms with Crippen LogP contribution in [0.1, 0.15) is 40.7 Å². The number of anilines is 1. The van der Waals surface area contributed by atoms with Crippen LogP contribution in [0.4, 0.5) is 5.69 Å². The summed E-state index contributed by atoms with van der Waals surface area (Å²) >= 11 is 0. The summed E-state index contributed by atoms with van der Waals surface area (Å²) in [5.41, 5.74) is 4.02. The molecule has 0 N–H and O–H groups in total. The van der Waals surface area contributed by atoms with Crippen molar-refractivity contribution in [1.29, 1.82) is 0 Å². The molecule has 0 bridgehead atoms. The lowest BCUT2D eigenvalue weighted by Gasteiger charge is -2.28. The number of morpholine rings is 1. The van der Waals surface area contributed by atoms with Crippen LogP contribution >= 0.6 is 0 Å². The molecule has 2 aliphatic heterocycles. The summed E-state index contributed by atoms with van der Waals surface area (Å²) < 4.78 is 22.5. The van der Waals surface area contributed by atoms with E-state index in [1.54, 1.807) is 7.11 Å². The number of rotatable bonds is 9. The molecular weight excluding hydrogens is 420 g/mol. The highest BCUT2D eigenvalue weighted by Gasteiger charge is 2.29. The topological polar surface area (TPSA) is 60.5 Å². The Morgan fingerprint density at radius 3 is 2.55 bits per heavy atom. The highest BCUT2D eigenvalue weighted by molar-refractivity contribution is 5.97. The highest BCUT2D eigenvalue weighted by Crippen LogP contribution is 2.48.